The lowest BCUT2D eigenvalue weighted by atomic mass is 9.97. The fraction of sp³-hybridized carbons (Fsp3) is 0.690. The molecule has 0 aliphatic heterocycles. The largest absolute Gasteiger partial charge is 0.490 e. The van der Waals surface area contributed by atoms with E-state index in [2.05, 4.69) is 39.6 Å². The number of ether oxygens (including phenoxy) is 1. The number of unbranched alkanes of at least 4 members (excludes halogenated alkanes) is 2. The van der Waals surface area contributed by atoms with Crippen molar-refractivity contribution in [2.24, 2.45) is 10.2 Å². The summed E-state index contributed by atoms with van der Waals surface area (Å²) < 4.78 is 57.9. The Labute approximate surface area is 262 Å². The number of aryl methyl sites for hydroxylation is 2. The van der Waals surface area contributed by atoms with Crippen molar-refractivity contribution in [3.63, 3.8) is 0 Å². The first-order chi connectivity index (χ1) is 20.6. The number of azo groups is 1. The van der Waals surface area contributed by atoms with E-state index in [1.807, 2.05) is 53.3 Å². The summed E-state index contributed by atoms with van der Waals surface area (Å²) in [4.78, 5) is 12.0. The molecule has 9 nitrogen and oxygen atoms in total. The number of rotatable bonds is 15. The number of anilines is 1. The number of benzene rings is 1. The van der Waals surface area contributed by atoms with Crippen molar-refractivity contribution < 1.29 is 26.9 Å². The van der Waals surface area contributed by atoms with Crippen LogP contribution in [0.2, 0.25) is 0 Å². The van der Waals surface area contributed by atoms with Crippen molar-refractivity contribution in [3.05, 3.63) is 28.3 Å². The number of esters is 1. The fourth-order valence-corrected chi connectivity index (χ4v) is 4.13. The minimum atomic E-state index is -4.95. The van der Waals surface area contributed by atoms with E-state index in [0.29, 0.717) is 12.8 Å². The van der Waals surface area contributed by atoms with Gasteiger partial charge in [-0.05, 0) is 69.0 Å². The Bertz CT molecular complexity index is 1070. The van der Waals surface area contributed by atoms with Crippen LogP contribution in [0.1, 0.15) is 115 Å². The predicted molar refractivity (Wildman–Crippen MR) is 173 cm³/mol. The highest BCUT2D eigenvalue weighted by Crippen LogP contribution is 2.34. The maximum Gasteiger partial charge on any atom is 0.490 e. The molecule has 0 radical (unpaired) electrons. The van der Waals surface area contributed by atoms with Gasteiger partial charge in [-0.2, -0.15) is 13.2 Å². The summed E-state index contributed by atoms with van der Waals surface area (Å²) in [7, 11) is -1.49. The van der Waals surface area contributed by atoms with E-state index in [1.54, 1.807) is 12.1 Å². The summed E-state index contributed by atoms with van der Waals surface area (Å²) >= 11 is 0.852. The summed E-state index contributed by atoms with van der Waals surface area (Å²) in [6, 6.07) is 3.21. The summed E-state index contributed by atoms with van der Waals surface area (Å²) in [5, 5.41) is 18.7. The Morgan fingerprint density at radius 3 is 2.09 bits per heavy atom. The number of carbonyl (C=O) groups excluding carboxylic acids is 1. The van der Waals surface area contributed by atoms with Gasteiger partial charge in [-0.15, -0.1) is 20.4 Å². The van der Waals surface area contributed by atoms with E-state index < -0.39 is 22.5 Å². The quantitative estimate of drug-likeness (QED) is 0.112. The molecular formula is C29H51F3N6O3S2. The maximum absolute atomic E-state index is 13.0. The van der Waals surface area contributed by atoms with Crippen molar-refractivity contribution in [1.82, 2.24) is 15.5 Å². The van der Waals surface area contributed by atoms with Crippen molar-refractivity contribution in [2.75, 3.05) is 24.9 Å². The molecule has 0 aliphatic carbocycles. The molecule has 0 saturated carbocycles. The molecule has 2 N–H and O–H groups in total. The van der Waals surface area contributed by atoms with Gasteiger partial charge in [0.05, 0.1) is 12.3 Å². The van der Waals surface area contributed by atoms with E-state index in [9.17, 15) is 22.2 Å². The molecule has 0 bridgehead atoms. The zero-order chi connectivity index (χ0) is 33.3. The minimum Gasteiger partial charge on any atom is -0.460 e. The van der Waals surface area contributed by atoms with E-state index in [1.165, 1.54) is 6.42 Å². The van der Waals surface area contributed by atoms with E-state index >= 15 is 0 Å². The Morgan fingerprint density at radius 1 is 0.953 bits per heavy atom. The third kappa shape index (κ3) is 18.1. The van der Waals surface area contributed by atoms with Crippen molar-refractivity contribution >= 4 is 44.8 Å². The number of halogens is 3. The van der Waals surface area contributed by atoms with Gasteiger partial charge >= 0.3 is 11.5 Å². The lowest BCUT2D eigenvalue weighted by Crippen LogP contribution is -2.23. The first kappa shape index (κ1) is 42.7. The molecule has 43 heavy (non-hydrogen) atoms. The lowest BCUT2D eigenvalue weighted by Gasteiger charge is -2.16. The molecule has 1 aromatic carbocycles. The summed E-state index contributed by atoms with van der Waals surface area (Å²) in [6.07, 6.45) is 6.75. The first-order valence-electron chi connectivity index (χ1n) is 15.1. The summed E-state index contributed by atoms with van der Waals surface area (Å²) in [5.74, 6) is -0.627. The SMILES string of the molecule is CC.CC.CCC.CCCCOC(=O)c1nnc(N=Nc2cc(CCCNC)c(CCCC)cc2NS(=O)C(F)(F)F)s1. The standard InChI is InChI=1S/C22H31F3N6O3S2.C3H8.2C2H6/c1-4-6-9-15-14-18(31-36(33)22(23,24)25)17(13-16(15)10-8-11-26-3)27-29-21-30-28-19(35-21)20(32)34-12-7-5-2;1-3-2;2*1-2/h13-14,26,31H,4-12H2,1-3H3;3H2,1-2H3;2*1-2H3. The zero-order valence-corrected chi connectivity index (χ0v) is 28.8. The molecule has 1 unspecified atom stereocenters. The van der Waals surface area contributed by atoms with E-state index in [0.717, 1.165) is 61.1 Å². The van der Waals surface area contributed by atoms with Crippen LogP contribution in [0.15, 0.2) is 22.4 Å². The lowest BCUT2D eigenvalue weighted by molar-refractivity contribution is -0.0379. The van der Waals surface area contributed by atoms with Crippen LogP contribution in [-0.2, 0) is 28.6 Å². The third-order valence-electron chi connectivity index (χ3n) is 4.97. The normalized spacial score (nSPS) is 11.3. The zero-order valence-electron chi connectivity index (χ0n) is 27.2. The van der Waals surface area contributed by atoms with Crippen molar-refractivity contribution in [3.8, 4) is 0 Å². The van der Waals surface area contributed by atoms with E-state index in [4.69, 9.17) is 4.74 Å². The smallest absolute Gasteiger partial charge is 0.460 e. The van der Waals surface area contributed by atoms with Crippen LogP contribution >= 0.6 is 11.3 Å². The highest BCUT2D eigenvalue weighted by atomic mass is 32.2. The van der Waals surface area contributed by atoms with Gasteiger partial charge in [0.1, 0.15) is 5.69 Å². The number of hydrogen-bond donors (Lipinski definition) is 2. The Morgan fingerprint density at radius 2 is 1.53 bits per heavy atom. The van der Waals surface area contributed by atoms with Crippen LogP contribution in [0.4, 0.5) is 29.7 Å². The topological polar surface area (TPSA) is 118 Å². The fourth-order valence-electron chi connectivity index (χ4n) is 3.09. The average Bonchev–Trinajstić information content (AvgIpc) is 3.47. The second kappa shape index (κ2) is 26.0. The molecule has 1 aromatic heterocycles. The molecule has 248 valence electrons. The van der Waals surface area contributed by atoms with Crippen LogP contribution in [0, 0.1) is 0 Å². The molecule has 0 amide bonds. The van der Waals surface area contributed by atoms with Crippen LogP contribution in [0.3, 0.4) is 0 Å². The number of aromatic nitrogens is 2. The van der Waals surface area contributed by atoms with Gasteiger partial charge in [0, 0.05) is 0 Å². The van der Waals surface area contributed by atoms with Gasteiger partial charge in [-0.3, -0.25) is 4.72 Å². The molecule has 14 heteroatoms. The molecule has 0 fully saturated rings. The number of carbonyl (C=O) groups is 1. The number of nitrogens with one attached hydrogen (secondary N) is 2. The summed E-state index contributed by atoms with van der Waals surface area (Å²) in [6.45, 7) is 17.3. The van der Waals surface area contributed by atoms with Gasteiger partial charge in [-0.25, -0.2) is 9.00 Å². The molecule has 0 spiro atoms. The molecule has 2 rings (SSSR count). The second-order valence-corrected chi connectivity index (χ2v) is 10.7. The Hall–Kier alpha value is -2.45. The van der Waals surface area contributed by atoms with Crippen LogP contribution < -0.4 is 10.0 Å². The monoisotopic (exact) mass is 652 g/mol. The molecule has 1 atom stereocenters. The van der Waals surface area contributed by atoms with Crippen LogP contribution in [0.25, 0.3) is 0 Å². The molecule has 1 heterocycles. The number of hydrogen-bond acceptors (Lipinski definition) is 9. The van der Waals surface area contributed by atoms with Crippen LogP contribution in [-0.4, -0.2) is 46.1 Å². The predicted octanol–water partition coefficient (Wildman–Crippen LogP) is 9.47. The van der Waals surface area contributed by atoms with Gasteiger partial charge in [0.2, 0.25) is 16.0 Å². The number of alkyl halides is 3. The second-order valence-electron chi connectivity index (χ2n) is 8.55. The van der Waals surface area contributed by atoms with Crippen molar-refractivity contribution in [1.29, 1.82) is 0 Å². The molecule has 0 saturated heterocycles. The van der Waals surface area contributed by atoms with Gasteiger partial charge in [0.25, 0.3) is 5.13 Å². The molecule has 2 aromatic rings. The molecule has 0 aliphatic rings. The average molecular weight is 653 g/mol. The highest BCUT2D eigenvalue weighted by molar-refractivity contribution is 7.87. The highest BCUT2D eigenvalue weighted by Gasteiger charge is 2.38. The van der Waals surface area contributed by atoms with E-state index in [-0.39, 0.29) is 28.1 Å². The van der Waals surface area contributed by atoms with Gasteiger partial charge < -0.3 is 10.1 Å². The van der Waals surface area contributed by atoms with Crippen molar-refractivity contribution in [2.45, 2.75) is 112 Å². The Kier molecular flexibility index (Phi) is 25.8. The summed E-state index contributed by atoms with van der Waals surface area (Å²) in [5.41, 5.74) is -3.14. The number of nitrogens with zero attached hydrogens (tertiary/aromatic N) is 4. The maximum atomic E-state index is 13.0. The molecular weight excluding hydrogens is 601 g/mol. The van der Waals surface area contributed by atoms with Gasteiger partial charge in [0.15, 0.2) is 0 Å². The van der Waals surface area contributed by atoms with Gasteiger partial charge in [-0.1, -0.05) is 86.0 Å². The third-order valence-corrected chi connectivity index (χ3v) is 6.58. The Balaban J connectivity index is 0. The minimum absolute atomic E-state index is 0.000699. The first-order valence-corrected chi connectivity index (χ1v) is 17.1. The van der Waals surface area contributed by atoms with Crippen LogP contribution in [0.5, 0.6) is 0 Å².